The van der Waals surface area contributed by atoms with Gasteiger partial charge in [-0.25, -0.2) is 0 Å². The third-order valence-corrected chi connectivity index (χ3v) is 5.52. The number of hydrogen-bond donors (Lipinski definition) is 1. The summed E-state index contributed by atoms with van der Waals surface area (Å²) in [5.74, 6) is 2.17. The molecular formula is C13H25NS. The van der Waals surface area contributed by atoms with Crippen LogP contribution >= 0.6 is 11.8 Å². The molecule has 88 valence electrons. The number of hydrogen-bond acceptors (Lipinski definition) is 2. The third-order valence-electron chi connectivity index (χ3n) is 3.96. The molecule has 0 aromatic heterocycles. The van der Waals surface area contributed by atoms with E-state index in [1.54, 1.807) is 0 Å². The van der Waals surface area contributed by atoms with Gasteiger partial charge in [-0.05, 0) is 25.2 Å². The highest BCUT2D eigenvalue weighted by atomic mass is 32.2. The fourth-order valence-corrected chi connectivity index (χ4v) is 4.38. The van der Waals surface area contributed by atoms with Gasteiger partial charge in [0.1, 0.15) is 0 Å². The van der Waals surface area contributed by atoms with E-state index in [0.717, 1.165) is 11.2 Å². The van der Waals surface area contributed by atoms with E-state index in [9.17, 15) is 0 Å². The fraction of sp³-hybridized carbons (Fsp3) is 1.00. The Labute approximate surface area is 98.6 Å². The topological polar surface area (TPSA) is 26.0 Å². The summed E-state index contributed by atoms with van der Waals surface area (Å²) in [5, 5.41) is 0.944. The lowest BCUT2D eigenvalue weighted by Crippen LogP contribution is -2.26. The Morgan fingerprint density at radius 2 is 1.60 bits per heavy atom. The van der Waals surface area contributed by atoms with Crippen molar-refractivity contribution in [1.29, 1.82) is 0 Å². The van der Waals surface area contributed by atoms with Gasteiger partial charge in [0, 0.05) is 17.0 Å². The van der Waals surface area contributed by atoms with Crippen molar-refractivity contribution in [3.8, 4) is 0 Å². The van der Waals surface area contributed by atoms with Crippen LogP contribution in [0.5, 0.6) is 0 Å². The maximum absolute atomic E-state index is 6.21. The highest BCUT2D eigenvalue weighted by Gasteiger charge is 2.20. The Balaban J connectivity index is 1.57. The predicted octanol–water partition coefficient (Wildman–Crippen LogP) is 3.57. The minimum atomic E-state index is 0.471. The molecule has 1 nitrogen and oxygen atoms in total. The summed E-state index contributed by atoms with van der Waals surface area (Å²) >= 11 is 2.15. The molecule has 2 heteroatoms. The first-order valence-corrected chi connectivity index (χ1v) is 7.76. The summed E-state index contributed by atoms with van der Waals surface area (Å²) < 4.78 is 0. The quantitative estimate of drug-likeness (QED) is 0.777. The maximum Gasteiger partial charge on any atom is 0.0133 e. The third kappa shape index (κ3) is 3.99. The second-order valence-electron chi connectivity index (χ2n) is 5.39. The van der Waals surface area contributed by atoms with E-state index < -0.39 is 0 Å². The lowest BCUT2D eigenvalue weighted by molar-refractivity contribution is 0.461. The highest BCUT2D eigenvalue weighted by molar-refractivity contribution is 7.99. The monoisotopic (exact) mass is 227 g/mol. The van der Waals surface area contributed by atoms with Gasteiger partial charge in [0.25, 0.3) is 0 Å². The van der Waals surface area contributed by atoms with Crippen LogP contribution in [-0.2, 0) is 0 Å². The van der Waals surface area contributed by atoms with Crippen LogP contribution in [-0.4, -0.2) is 17.0 Å². The van der Waals surface area contributed by atoms with Gasteiger partial charge in [-0.15, -0.1) is 0 Å². The van der Waals surface area contributed by atoms with Gasteiger partial charge in [0.2, 0.25) is 0 Å². The summed E-state index contributed by atoms with van der Waals surface area (Å²) in [6.07, 6.45) is 12.9. The van der Waals surface area contributed by atoms with E-state index >= 15 is 0 Å². The van der Waals surface area contributed by atoms with Crippen molar-refractivity contribution in [2.75, 3.05) is 5.75 Å². The van der Waals surface area contributed by atoms with Crippen molar-refractivity contribution in [2.45, 2.75) is 69.1 Å². The van der Waals surface area contributed by atoms with Gasteiger partial charge in [-0.3, -0.25) is 0 Å². The Morgan fingerprint density at radius 1 is 1.00 bits per heavy atom. The van der Waals surface area contributed by atoms with Gasteiger partial charge in [-0.2, -0.15) is 11.8 Å². The molecule has 0 spiro atoms. The molecular weight excluding hydrogens is 202 g/mol. The SMILES string of the molecule is NC(CSC1CCCC1)CC1CCCC1. The van der Waals surface area contributed by atoms with Crippen molar-refractivity contribution in [3.63, 3.8) is 0 Å². The van der Waals surface area contributed by atoms with Gasteiger partial charge in [0.15, 0.2) is 0 Å². The van der Waals surface area contributed by atoms with Gasteiger partial charge >= 0.3 is 0 Å². The van der Waals surface area contributed by atoms with Crippen molar-refractivity contribution in [1.82, 2.24) is 0 Å². The number of rotatable bonds is 5. The minimum absolute atomic E-state index is 0.471. The van der Waals surface area contributed by atoms with E-state index in [1.807, 2.05) is 0 Å². The zero-order valence-electron chi connectivity index (χ0n) is 9.79. The lowest BCUT2D eigenvalue weighted by atomic mass is 10.00. The summed E-state index contributed by atoms with van der Waals surface area (Å²) in [6, 6.07) is 0.471. The second-order valence-corrected chi connectivity index (χ2v) is 6.72. The second kappa shape index (κ2) is 6.15. The summed E-state index contributed by atoms with van der Waals surface area (Å²) in [4.78, 5) is 0. The molecule has 2 saturated carbocycles. The predicted molar refractivity (Wildman–Crippen MR) is 69.3 cm³/mol. The first-order chi connectivity index (χ1) is 7.34. The van der Waals surface area contributed by atoms with Gasteiger partial charge < -0.3 is 5.73 Å². The van der Waals surface area contributed by atoms with Crippen molar-refractivity contribution >= 4 is 11.8 Å². The van der Waals surface area contributed by atoms with Crippen LogP contribution in [0.2, 0.25) is 0 Å². The van der Waals surface area contributed by atoms with Crippen LogP contribution in [0.4, 0.5) is 0 Å². The van der Waals surface area contributed by atoms with E-state index in [2.05, 4.69) is 11.8 Å². The van der Waals surface area contributed by atoms with Crippen molar-refractivity contribution in [2.24, 2.45) is 11.7 Å². The number of thioether (sulfide) groups is 1. The molecule has 0 aromatic rings. The summed E-state index contributed by atoms with van der Waals surface area (Å²) in [6.45, 7) is 0. The molecule has 1 unspecified atom stereocenters. The highest BCUT2D eigenvalue weighted by Crippen LogP contribution is 2.32. The Morgan fingerprint density at radius 3 is 2.27 bits per heavy atom. The van der Waals surface area contributed by atoms with Crippen LogP contribution in [0, 0.1) is 5.92 Å². The smallest absolute Gasteiger partial charge is 0.0133 e. The number of nitrogens with two attached hydrogens (primary N) is 1. The van der Waals surface area contributed by atoms with E-state index in [-0.39, 0.29) is 0 Å². The maximum atomic E-state index is 6.21. The minimum Gasteiger partial charge on any atom is -0.327 e. The molecule has 2 aliphatic carbocycles. The largest absolute Gasteiger partial charge is 0.327 e. The first kappa shape index (κ1) is 11.8. The lowest BCUT2D eigenvalue weighted by Gasteiger charge is -2.17. The van der Waals surface area contributed by atoms with Crippen molar-refractivity contribution < 1.29 is 0 Å². The Bertz CT molecular complexity index is 171. The van der Waals surface area contributed by atoms with E-state index in [4.69, 9.17) is 5.73 Å². The zero-order valence-corrected chi connectivity index (χ0v) is 10.6. The van der Waals surface area contributed by atoms with Crippen molar-refractivity contribution in [3.05, 3.63) is 0 Å². The Hall–Kier alpha value is 0.310. The summed E-state index contributed by atoms with van der Waals surface area (Å²) in [7, 11) is 0. The molecule has 0 radical (unpaired) electrons. The molecule has 0 aliphatic heterocycles. The molecule has 0 aromatic carbocycles. The average molecular weight is 227 g/mol. The molecule has 2 aliphatic rings. The zero-order chi connectivity index (χ0) is 10.5. The molecule has 0 heterocycles. The molecule has 2 fully saturated rings. The fourth-order valence-electron chi connectivity index (χ4n) is 3.06. The van der Waals surface area contributed by atoms with Crippen LogP contribution in [0.15, 0.2) is 0 Å². The molecule has 1 atom stereocenters. The van der Waals surface area contributed by atoms with Crippen LogP contribution in [0.3, 0.4) is 0 Å². The molecule has 15 heavy (non-hydrogen) atoms. The standard InChI is InChI=1S/C13H25NS/c14-12(9-11-5-1-2-6-11)10-15-13-7-3-4-8-13/h11-13H,1-10,14H2. The molecule has 0 saturated heterocycles. The molecule has 0 amide bonds. The first-order valence-electron chi connectivity index (χ1n) is 6.72. The van der Waals surface area contributed by atoms with Gasteiger partial charge in [-0.1, -0.05) is 38.5 Å². The Kier molecular flexibility index (Phi) is 4.83. The summed E-state index contributed by atoms with van der Waals surface area (Å²) in [5.41, 5.74) is 6.21. The van der Waals surface area contributed by atoms with E-state index in [0.29, 0.717) is 6.04 Å². The van der Waals surface area contributed by atoms with Crippen LogP contribution in [0.1, 0.15) is 57.8 Å². The normalized spacial score (nSPS) is 26.2. The van der Waals surface area contributed by atoms with Gasteiger partial charge in [0.05, 0.1) is 0 Å². The van der Waals surface area contributed by atoms with E-state index in [1.165, 1.54) is 63.5 Å². The molecule has 0 bridgehead atoms. The molecule has 2 rings (SSSR count). The molecule has 2 N–H and O–H groups in total. The average Bonchev–Trinajstić information content (AvgIpc) is 2.86. The van der Waals surface area contributed by atoms with Crippen LogP contribution < -0.4 is 5.73 Å². The van der Waals surface area contributed by atoms with Crippen LogP contribution in [0.25, 0.3) is 0 Å².